The number of rotatable bonds is 13. The van der Waals surface area contributed by atoms with Gasteiger partial charge in [0.2, 0.25) is 6.29 Å². The molecular formula is C32H41NO10. The number of aromatic hydroxyl groups is 1. The van der Waals surface area contributed by atoms with Crippen molar-refractivity contribution in [3.8, 4) is 22.6 Å². The molecule has 0 amide bonds. The number of hydrogen-bond acceptors (Lipinski definition) is 10. The van der Waals surface area contributed by atoms with Crippen LogP contribution in [0.25, 0.3) is 22.1 Å². The zero-order valence-corrected chi connectivity index (χ0v) is 24.6. The minimum Gasteiger partial charge on any atom is -0.508 e. The van der Waals surface area contributed by atoms with E-state index in [1.54, 1.807) is 12.1 Å². The van der Waals surface area contributed by atoms with E-state index in [0.717, 1.165) is 25.7 Å². The molecule has 6 N–H and O–H groups in total. The van der Waals surface area contributed by atoms with Crippen LogP contribution in [0, 0.1) is 11.8 Å². The number of phenolic OH excluding ortho intramolecular Hbond substituents is 1. The van der Waals surface area contributed by atoms with Gasteiger partial charge in [-0.1, -0.05) is 52.2 Å². The number of phenols is 1. The molecule has 1 saturated heterocycles. The molecule has 4 rings (SSSR count). The van der Waals surface area contributed by atoms with Gasteiger partial charge in [-0.2, -0.15) is 0 Å². The van der Waals surface area contributed by atoms with Crippen molar-refractivity contribution in [2.75, 3.05) is 13.1 Å². The number of benzene rings is 2. The van der Waals surface area contributed by atoms with E-state index in [1.807, 2.05) is 0 Å². The van der Waals surface area contributed by atoms with Crippen LogP contribution in [0.2, 0.25) is 0 Å². The number of carbonyl (C=O) groups is 1. The van der Waals surface area contributed by atoms with Crippen molar-refractivity contribution in [3.05, 3.63) is 59.0 Å². The molecule has 0 saturated carbocycles. The molecule has 3 aromatic rings. The second-order valence-electron chi connectivity index (χ2n) is 11.9. The molecule has 43 heavy (non-hydrogen) atoms. The van der Waals surface area contributed by atoms with E-state index in [4.69, 9.17) is 13.9 Å². The minimum atomic E-state index is -2.22. The van der Waals surface area contributed by atoms with Gasteiger partial charge in [-0.05, 0) is 54.6 Å². The number of carboxylic acids is 1. The average molecular weight is 600 g/mol. The molecule has 2 heterocycles. The molecule has 234 valence electrons. The molecule has 0 spiro atoms. The summed E-state index contributed by atoms with van der Waals surface area (Å²) >= 11 is 0. The van der Waals surface area contributed by atoms with Crippen LogP contribution in [0.1, 0.15) is 46.5 Å². The highest BCUT2D eigenvalue weighted by Gasteiger charge is 2.58. The van der Waals surface area contributed by atoms with Gasteiger partial charge >= 0.3 is 5.97 Å². The fourth-order valence-electron chi connectivity index (χ4n) is 5.26. The normalized spacial score (nSPS) is 24.7. The number of fused-ring (bicyclic) bond motifs is 1. The molecule has 0 unspecified atom stereocenters. The van der Waals surface area contributed by atoms with Crippen molar-refractivity contribution >= 4 is 16.9 Å². The van der Waals surface area contributed by atoms with Crippen molar-refractivity contribution < 1.29 is 44.2 Å². The highest BCUT2D eigenvalue weighted by atomic mass is 16.7. The molecule has 0 radical (unpaired) electrons. The maximum atomic E-state index is 13.1. The first-order chi connectivity index (χ1) is 20.4. The number of aliphatic hydroxyl groups excluding tert-OH is 2. The first kappa shape index (κ1) is 32.4. The standard InChI is InChI=1S/C32H41NO10/c1-18(2)5-4-6-19(3)13-14-33-17-32(40)29(37)27(36)28(30(38)39)43-31(32)42-22-11-12-23-25(15-22)41-16-24(26(23)35)20-7-9-21(34)10-8-20/h7-12,15-16,18-19,27-29,31,33-34,36-37,40H,4-6,13-14,17H2,1-3H3,(H,38,39)/t19-,27+,28-,29-,31+,32-/m0/s1. The van der Waals surface area contributed by atoms with Gasteiger partial charge in [0.15, 0.2) is 17.1 Å². The van der Waals surface area contributed by atoms with Crippen LogP contribution in [0.3, 0.4) is 0 Å². The lowest BCUT2D eigenvalue weighted by molar-refractivity contribution is -0.311. The van der Waals surface area contributed by atoms with Crippen LogP contribution in [0.4, 0.5) is 0 Å². The number of ether oxygens (including phenoxy) is 2. The van der Waals surface area contributed by atoms with Gasteiger partial charge < -0.3 is 44.7 Å². The Labute approximate surface area is 249 Å². The smallest absolute Gasteiger partial charge is 0.335 e. The van der Waals surface area contributed by atoms with E-state index in [9.17, 15) is 35.1 Å². The van der Waals surface area contributed by atoms with E-state index in [1.165, 1.54) is 36.6 Å². The van der Waals surface area contributed by atoms with Crippen LogP contribution < -0.4 is 15.5 Å². The van der Waals surface area contributed by atoms with Crippen molar-refractivity contribution in [3.63, 3.8) is 0 Å². The van der Waals surface area contributed by atoms with Gasteiger partial charge in [0.25, 0.3) is 0 Å². The predicted molar refractivity (Wildman–Crippen MR) is 159 cm³/mol. The van der Waals surface area contributed by atoms with Crippen molar-refractivity contribution in [1.29, 1.82) is 0 Å². The second kappa shape index (κ2) is 13.9. The lowest BCUT2D eigenvalue weighted by Gasteiger charge is -2.46. The largest absolute Gasteiger partial charge is 0.508 e. The summed E-state index contributed by atoms with van der Waals surface area (Å²) in [5, 5.41) is 55.3. The van der Waals surface area contributed by atoms with Gasteiger partial charge in [0.1, 0.15) is 35.6 Å². The van der Waals surface area contributed by atoms with Gasteiger partial charge in [0, 0.05) is 12.6 Å². The van der Waals surface area contributed by atoms with Crippen LogP contribution in [-0.2, 0) is 9.53 Å². The SMILES string of the molecule is CC(C)CCC[C@H](C)CCNC[C@@]1(O)[C@H](Oc2ccc3c(=O)c(-c4ccc(O)cc4)coc3c2)O[C@H](C(=O)O)[C@@H](O)[C@@H]1O. The minimum absolute atomic E-state index is 0.0604. The summed E-state index contributed by atoms with van der Waals surface area (Å²) in [4.78, 5) is 24.9. The summed E-state index contributed by atoms with van der Waals surface area (Å²) in [7, 11) is 0. The molecule has 6 atom stereocenters. The Kier molecular flexibility index (Phi) is 10.5. The Bertz CT molecular complexity index is 1440. The number of hydrogen-bond donors (Lipinski definition) is 6. The second-order valence-corrected chi connectivity index (χ2v) is 11.9. The van der Waals surface area contributed by atoms with Gasteiger partial charge in [-0.15, -0.1) is 0 Å². The van der Waals surface area contributed by atoms with Crippen molar-refractivity contribution in [2.45, 2.75) is 76.7 Å². The van der Waals surface area contributed by atoms with E-state index in [2.05, 4.69) is 26.1 Å². The number of aliphatic hydroxyl groups is 3. The van der Waals surface area contributed by atoms with Gasteiger partial charge in [-0.25, -0.2) is 4.79 Å². The molecule has 1 aliphatic rings. The Morgan fingerprint density at radius 3 is 2.47 bits per heavy atom. The first-order valence-corrected chi connectivity index (χ1v) is 14.6. The summed E-state index contributed by atoms with van der Waals surface area (Å²) in [6.45, 7) is 6.78. The van der Waals surface area contributed by atoms with E-state index >= 15 is 0 Å². The van der Waals surface area contributed by atoms with Crippen LogP contribution >= 0.6 is 0 Å². The summed E-state index contributed by atoms with van der Waals surface area (Å²) in [5.74, 6) is -0.318. The Morgan fingerprint density at radius 2 is 1.79 bits per heavy atom. The molecule has 1 fully saturated rings. The van der Waals surface area contributed by atoms with Crippen LogP contribution in [-0.4, -0.2) is 74.8 Å². The molecule has 2 aromatic carbocycles. The Hall–Kier alpha value is -3.48. The Balaban J connectivity index is 1.51. The van der Waals surface area contributed by atoms with Crippen LogP contribution in [0.15, 0.2) is 57.9 Å². The molecule has 1 aromatic heterocycles. The summed E-state index contributed by atoms with van der Waals surface area (Å²) in [6, 6.07) is 10.4. The van der Waals surface area contributed by atoms with E-state index in [0.29, 0.717) is 23.9 Å². The first-order valence-electron chi connectivity index (χ1n) is 14.6. The topological polar surface area (TPSA) is 179 Å². The van der Waals surface area contributed by atoms with Crippen LogP contribution in [0.5, 0.6) is 11.5 Å². The lowest BCUT2D eigenvalue weighted by Crippen LogP contribution is -2.71. The summed E-state index contributed by atoms with van der Waals surface area (Å²) < 4.78 is 17.0. The number of carboxylic acid groups (broad SMARTS) is 1. The molecule has 11 nitrogen and oxygen atoms in total. The summed E-state index contributed by atoms with van der Waals surface area (Å²) in [5.41, 5.74) is -1.54. The fraction of sp³-hybridized carbons (Fsp3) is 0.500. The predicted octanol–water partition coefficient (Wildman–Crippen LogP) is 3.25. The quantitative estimate of drug-likeness (QED) is 0.159. The third kappa shape index (κ3) is 7.54. The van der Waals surface area contributed by atoms with E-state index < -0.39 is 36.2 Å². The highest BCUT2D eigenvalue weighted by Crippen LogP contribution is 2.33. The highest BCUT2D eigenvalue weighted by molar-refractivity contribution is 5.82. The lowest BCUT2D eigenvalue weighted by atomic mass is 9.86. The maximum Gasteiger partial charge on any atom is 0.335 e. The fourth-order valence-corrected chi connectivity index (χ4v) is 5.26. The third-order valence-electron chi connectivity index (χ3n) is 7.94. The number of aliphatic carboxylic acids is 1. The molecule has 0 aliphatic carbocycles. The maximum absolute atomic E-state index is 13.1. The van der Waals surface area contributed by atoms with Gasteiger partial charge in [-0.3, -0.25) is 4.79 Å². The zero-order chi connectivity index (χ0) is 31.3. The molecule has 0 bridgehead atoms. The number of nitrogens with one attached hydrogen (secondary N) is 1. The van der Waals surface area contributed by atoms with Crippen molar-refractivity contribution in [2.24, 2.45) is 11.8 Å². The molecule has 1 aliphatic heterocycles. The monoisotopic (exact) mass is 599 g/mol. The summed E-state index contributed by atoms with van der Waals surface area (Å²) in [6.07, 6.45) is -1.93. The van der Waals surface area contributed by atoms with Crippen molar-refractivity contribution in [1.82, 2.24) is 5.32 Å². The Morgan fingerprint density at radius 1 is 1.07 bits per heavy atom. The van der Waals surface area contributed by atoms with E-state index in [-0.39, 0.29) is 40.0 Å². The van der Waals surface area contributed by atoms with Gasteiger partial charge in [0.05, 0.1) is 10.9 Å². The average Bonchev–Trinajstić information content (AvgIpc) is 2.96. The molecule has 11 heteroatoms. The third-order valence-corrected chi connectivity index (χ3v) is 7.94. The zero-order valence-electron chi connectivity index (χ0n) is 24.6. The molecular weight excluding hydrogens is 558 g/mol.